The summed E-state index contributed by atoms with van der Waals surface area (Å²) in [6, 6.07) is 21.5. The van der Waals surface area contributed by atoms with Crippen molar-refractivity contribution in [3.63, 3.8) is 0 Å². The molecule has 1 unspecified atom stereocenters. The van der Waals surface area contributed by atoms with Crippen LogP contribution in [0.2, 0.25) is 0 Å². The highest BCUT2D eigenvalue weighted by Crippen LogP contribution is 2.35. The first-order chi connectivity index (χ1) is 17.4. The normalized spacial score (nSPS) is 13.4. The summed E-state index contributed by atoms with van der Waals surface area (Å²) in [6.07, 6.45) is 0.530. The molecule has 2 aromatic carbocycles. The molecule has 5 aromatic rings. The van der Waals surface area contributed by atoms with E-state index in [4.69, 9.17) is 14.0 Å². The lowest BCUT2D eigenvalue weighted by atomic mass is 9.94. The molecule has 0 saturated carbocycles. The van der Waals surface area contributed by atoms with Crippen molar-refractivity contribution in [2.45, 2.75) is 45.4 Å². The number of para-hydroxylation sites is 1. The standard InChI is InChI=1S/C28H28N4O3S/c1-17(2)36(33)32-25(16-20-10-9-14-24(29-20)27-18(3)30-34-19(27)4)21-11-5-6-12-22(21)28-23-13-7-8-15-26(23)35-31-28/h5-15,17,25,32H,16H2,1-4H3/t25?,36-/m0/s1. The third kappa shape index (κ3) is 4.80. The van der Waals surface area contributed by atoms with Crippen LogP contribution in [0.4, 0.5) is 0 Å². The Bertz CT molecular complexity index is 1470. The maximum Gasteiger partial charge on any atom is 0.167 e. The minimum absolute atomic E-state index is 0.0471. The molecule has 0 saturated heterocycles. The number of pyridine rings is 1. The fraction of sp³-hybridized carbons (Fsp3) is 0.250. The zero-order valence-electron chi connectivity index (χ0n) is 20.7. The second-order valence-electron chi connectivity index (χ2n) is 9.05. The molecule has 0 aliphatic carbocycles. The van der Waals surface area contributed by atoms with Gasteiger partial charge in [0, 0.05) is 34.4 Å². The summed E-state index contributed by atoms with van der Waals surface area (Å²) < 4.78 is 27.3. The van der Waals surface area contributed by atoms with Crippen molar-refractivity contribution in [2.24, 2.45) is 0 Å². The first-order valence-electron chi connectivity index (χ1n) is 11.9. The second kappa shape index (κ2) is 10.3. The van der Waals surface area contributed by atoms with Crippen molar-refractivity contribution < 1.29 is 13.6 Å². The summed E-state index contributed by atoms with van der Waals surface area (Å²) in [4.78, 5) is 4.92. The van der Waals surface area contributed by atoms with E-state index in [-0.39, 0.29) is 11.3 Å². The van der Waals surface area contributed by atoms with Gasteiger partial charge in [-0.15, -0.1) is 4.72 Å². The summed E-state index contributed by atoms with van der Waals surface area (Å²) in [5.41, 5.74) is 6.79. The Hall–Kier alpha value is -3.46. The van der Waals surface area contributed by atoms with Gasteiger partial charge in [0.2, 0.25) is 0 Å². The Morgan fingerprint density at radius 3 is 2.47 bits per heavy atom. The molecule has 3 aromatic heterocycles. The van der Waals surface area contributed by atoms with Crippen LogP contribution in [0.15, 0.2) is 75.8 Å². The van der Waals surface area contributed by atoms with Gasteiger partial charge in [0.1, 0.15) is 16.7 Å². The molecule has 2 atom stereocenters. The monoisotopic (exact) mass is 500 g/mol. The van der Waals surface area contributed by atoms with Crippen molar-refractivity contribution in [3.8, 4) is 22.5 Å². The van der Waals surface area contributed by atoms with Crippen LogP contribution in [0.3, 0.4) is 0 Å². The van der Waals surface area contributed by atoms with Crippen LogP contribution in [0.25, 0.3) is 33.5 Å². The first kappa shape index (κ1) is 24.2. The van der Waals surface area contributed by atoms with E-state index in [0.29, 0.717) is 6.42 Å². The minimum Gasteiger partial charge on any atom is -0.598 e. The Morgan fingerprint density at radius 1 is 0.917 bits per heavy atom. The van der Waals surface area contributed by atoms with E-state index in [1.807, 2.05) is 94.4 Å². The molecule has 0 spiro atoms. The van der Waals surface area contributed by atoms with E-state index in [1.165, 1.54) is 0 Å². The number of hydrogen-bond donors (Lipinski definition) is 1. The number of rotatable bonds is 8. The van der Waals surface area contributed by atoms with Crippen LogP contribution >= 0.6 is 0 Å². The summed E-state index contributed by atoms with van der Waals surface area (Å²) in [5, 5.41) is 9.35. The number of benzene rings is 2. The van der Waals surface area contributed by atoms with E-state index in [2.05, 4.69) is 15.0 Å². The molecule has 0 aliphatic rings. The topological polar surface area (TPSA) is 100 Å². The third-order valence-electron chi connectivity index (χ3n) is 6.16. The molecule has 3 heterocycles. The van der Waals surface area contributed by atoms with Gasteiger partial charge in [-0.05, 0) is 57.5 Å². The number of aromatic nitrogens is 3. The summed E-state index contributed by atoms with van der Waals surface area (Å²) in [5.74, 6) is 0.732. The molecule has 0 radical (unpaired) electrons. The summed E-state index contributed by atoms with van der Waals surface area (Å²) in [7, 11) is 0. The lowest BCUT2D eigenvalue weighted by Crippen LogP contribution is -2.35. The third-order valence-corrected chi connectivity index (χ3v) is 7.54. The predicted octanol–water partition coefficient (Wildman–Crippen LogP) is 6.11. The second-order valence-corrected chi connectivity index (χ2v) is 10.8. The van der Waals surface area contributed by atoms with Crippen LogP contribution in [-0.2, 0) is 17.8 Å². The minimum atomic E-state index is -1.25. The number of fused-ring (bicyclic) bond motifs is 1. The fourth-order valence-electron chi connectivity index (χ4n) is 4.38. The zero-order valence-corrected chi connectivity index (χ0v) is 21.5. The Kier molecular flexibility index (Phi) is 6.91. The molecule has 7 nitrogen and oxygen atoms in total. The highest BCUT2D eigenvalue weighted by Gasteiger charge is 2.26. The van der Waals surface area contributed by atoms with E-state index >= 15 is 0 Å². The van der Waals surface area contributed by atoms with E-state index < -0.39 is 11.4 Å². The van der Waals surface area contributed by atoms with Gasteiger partial charge in [-0.3, -0.25) is 4.98 Å². The molecule has 0 fully saturated rings. The highest BCUT2D eigenvalue weighted by molar-refractivity contribution is 7.90. The largest absolute Gasteiger partial charge is 0.598 e. The van der Waals surface area contributed by atoms with Crippen molar-refractivity contribution in [1.82, 2.24) is 20.0 Å². The average molecular weight is 501 g/mol. The van der Waals surface area contributed by atoms with Gasteiger partial charge in [-0.1, -0.05) is 52.8 Å². The van der Waals surface area contributed by atoms with E-state index in [9.17, 15) is 4.55 Å². The Morgan fingerprint density at radius 2 is 1.69 bits per heavy atom. The first-order valence-corrected chi connectivity index (χ1v) is 13.1. The summed E-state index contributed by atoms with van der Waals surface area (Å²) in [6.45, 7) is 7.67. The lowest BCUT2D eigenvalue weighted by molar-refractivity contribution is 0.393. The molecule has 5 rings (SSSR count). The molecule has 8 heteroatoms. The van der Waals surface area contributed by atoms with Crippen molar-refractivity contribution in [2.75, 3.05) is 0 Å². The molecule has 0 aliphatic heterocycles. The SMILES string of the molecule is Cc1noc(C)c1-c1cccc(CC(N[S@@+]([O-])C(C)C)c2ccccc2-c2noc3ccccc23)n1. The average Bonchev–Trinajstić information content (AvgIpc) is 3.46. The molecule has 1 N–H and O–H groups in total. The molecular formula is C28H28N4O3S. The van der Waals surface area contributed by atoms with Gasteiger partial charge in [-0.2, -0.15) is 0 Å². The van der Waals surface area contributed by atoms with Gasteiger partial charge in [0.05, 0.1) is 23.0 Å². The molecular weight excluding hydrogens is 472 g/mol. The molecule has 0 bridgehead atoms. The number of nitrogens with zero attached hydrogens (tertiary/aromatic N) is 3. The molecule has 0 amide bonds. The van der Waals surface area contributed by atoms with Crippen molar-refractivity contribution in [1.29, 1.82) is 0 Å². The number of nitrogens with one attached hydrogen (secondary N) is 1. The smallest absolute Gasteiger partial charge is 0.167 e. The highest BCUT2D eigenvalue weighted by atomic mass is 32.2. The van der Waals surface area contributed by atoms with Crippen LogP contribution in [-0.4, -0.2) is 25.1 Å². The van der Waals surface area contributed by atoms with Crippen LogP contribution in [0, 0.1) is 13.8 Å². The molecule has 184 valence electrons. The van der Waals surface area contributed by atoms with Gasteiger partial charge in [-0.25, -0.2) is 0 Å². The van der Waals surface area contributed by atoms with Gasteiger partial charge >= 0.3 is 0 Å². The van der Waals surface area contributed by atoms with E-state index in [1.54, 1.807) is 0 Å². The Balaban J connectivity index is 1.56. The van der Waals surface area contributed by atoms with Gasteiger partial charge < -0.3 is 13.6 Å². The maximum absolute atomic E-state index is 13.0. The van der Waals surface area contributed by atoms with Crippen molar-refractivity contribution in [3.05, 3.63) is 89.4 Å². The predicted molar refractivity (Wildman–Crippen MR) is 142 cm³/mol. The van der Waals surface area contributed by atoms with Crippen LogP contribution in [0.1, 0.15) is 42.6 Å². The van der Waals surface area contributed by atoms with Gasteiger partial charge in [0.25, 0.3) is 0 Å². The summed E-state index contributed by atoms with van der Waals surface area (Å²) >= 11 is -1.25. The van der Waals surface area contributed by atoms with Crippen LogP contribution in [0.5, 0.6) is 0 Å². The lowest BCUT2D eigenvalue weighted by Gasteiger charge is -2.24. The van der Waals surface area contributed by atoms with Crippen LogP contribution < -0.4 is 4.72 Å². The van der Waals surface area contributed by atoms with Crippen molar-refractivity contribution >= 4 is 22.3 Å². The fourth-order valence-corrected chi connectivity index (χ4v) is 5.14. The Labute approximate surface area is 213 Å². The number of hydrogen-bond acceptors (Lipinski definition) is 7. The van der Waals surface area contributed by atoms with Gasteiger partial charge in [0.15, 0.2) is 5.58 Å². The molecule has 36 heavy (non-hydrogen) atoms. The quantitative estimate of drug-likeness (QED) is 0.257. The maximum atomic E-state index is 13.0. The number of aryl methyl sites for hydroxylation is 2. The van der Waals surface area contributed by atoms with E-state index in [0.717, 1.165) is 56.2 Å². The zero-order chi connectivity index (χ0) is 25.2.